The fourth-order valence-corrected chi connectivity index (χ4v) is 7.85. The molecule has 0 atom stereocenters. The third-order valence-electron chi connectivity index (χ3n) is 8.91. The van der Waals surface area contributed by atoms with Crippen LogP contribution in [0.1, 0.15) is 54.0 Å². The molecule has 1 fully saturated rings. The smallest absolute Gasteiger partial charge is 0.432 e. The summed E-state index contributed by atoms with van der Waals surface area (Å²) >= 11 is 6.22. The zero-order chi connectivity index (χ0) is 34.4. The predicted octanol–water partition coefficient (Wildman–Crippen LogP) is 7.17. The highest BCUT2D eigenvalue weighted by molar-refractivity contribution is 7.90. The van der Waals surface area contributed by atoms with Crippen LogP contribution in [0, 0.1) is 5.92 Å². The molecule has 0 unspecified atom stereocenters. The Kier molecular flexibility index (Phi) is 10.6. The summed E-state index contributed by atoms with van der Waals surface area (Å²) in [7, 11) is -3.48. The number of sulfone groups is 1. The van der Waals surface area contributed by atoms with Crippen molar-refractivity contribution in [3.05, 3.63) is 107 Å². The van der Waals surface area contributed by atoms with Crippen molar-refractivity contribution < 1.29 is 27.6 Å². The van der Waals surface area contributed by atoms with Crippen molar-refractivity contribution >= 4 is 39.3 Å². The lowest BCUT2D eigenvalue weighted by atomic mass is 9.98. The lowest BCUT2D eigenvalue weighted by molar-refractivity contribution is -0.118. The summed E-state index contributed by atoms with van der Waals surface area (Å²) < 4.78 is 29.3. The van der Waals surface area contributed by atoms with Crippen molar-refractivity contribution in [1.82, 2.24) is 9.97 Å². The van der Waals surface area contributed by atoms with Crippen LogP contribution in [0.15, 0.2) is 94.4 Å². The number of nitrogens with zero attached hydrogens (tertiary/aromatic N) is 5. The Morgan fingerprint density at radius 1 is 0.959 bits per heavy atom. The standard InChI is InChI=1S/C36H36ClN5O6S/c1-49(45,46)33-15-14-25(18-32(33)37)19-35(43)42(22-24-8-2-3-9-24)34-21-38-26(20-39-34)16-17-40-41-48-36(44)47-23-31-29-12-6-4-10-27(29)28-11-5-7-13-30(28)31/h4-7,10-15,18,20-21,24,31H,2-3,8-9,16-17,19,22-23H2,1H3. The van der Waals surface area contributed by atoms with E-state index in [0.29, 0.717) is 36.0 Å². The molecular weight excluding hydrogens is 666 g/mol. The van der Waals surface area contributed by atoms with E-state index in [9.17, 15) is 18.0 Å². The van der Waals surface area contributed by atoms with Crippen molar-refractivity contribution in [2.75, 3.05) is 30.9 Å². The summed E-state index contributed by atoms with van der Waals surface area (Å²) in [5, 5.41) is 7.51. The van der Waals surface area contributed by atoms with Gasteiger partial charge in [0.25, 0.3) is 0 Å². The first kappa shape index (κ1) is 34.2. The van der Waals surface area contributed by atoms with Gasteiger partial charge in [-0.3, -0.25) is 19.5 Å². The van der Waals surface area contributed by atoms with Gasteiger partial charge in [0.2, 0.25) is 5.91 Å². The third kappa shape index (κ3) is 8.31. The summed E-state index contributed by atoms with van der Waals surface area (Å²) in [6.07, 6.45) is 8.04. The minimum absolute atomic E-state index is 0.0259. The number of hydrogen-bond acceptors (Lipinski definition) is 10. The lowest BCUT2D eigenvalue weighted by Crippen LogP contribution is -2.36. The van der Waals surface area contributed by atoms with Gasteiger partial charge in [-0.1, -0.05) is 79.0 Å². The van der Waals surface area contributed by atoms with Gasteiger partial charge in [0, 0.05) is 30.4 Å². The molecule has 0 N–H and O–H groups in total. The highest BCUT2D eigenvalue weighted by Gasteiger charge is 2.29. The van der Waals surface area contributed by atoms with Gasteiger partial charge >= 0.3 is 6.16 Å². The second-order valence-electron chi connectivity index (χ2n) is 12.3. The Balaban J connectivity index is 1.01. The Morgan fingerprint density at radius 3 is 2.29 bits per heavy atom. The maximum absolute atomic E-state index is 13.5. The number of carbonyl (C=O) groups excluding carboxylic acids is 2. The molecule has 3 aromatic carbocycles. The number of amides is 1. The third-order valence-corrected chi connectivity index (χ3v) is 10.5. The topological polar surface area (TPSA) is 140 Å². The van der Waals surface area contributed by atoms with Crippen molar-refractivity contribution in [3.8, 4) is 11.1 Å². The van der Waals surface area contributed by atoms with Crippen LogP contribution in [0.3, 0.4) is 0 Å². The van der Waals surface area contributed by atoms with E-state index < -0.39 is 16.0 Å². The highest BCUT2D eigenvalue weighted by Crippen LogP contribution is 2.44. The molecule has 11 nitrogen and oxygen atoms in total. The van der Waals surface area contributed by atoms with E-state index in [1.807, 2.05) is 36.4 Å². The predicted molar refractivity (Wildman–Crippen MR) is 184 cm³/mol. The van der Waals surface area contributed by atoms with Crippen molar-refractivity contribution in [1.29, 1.82) is 0 Å². The normalized spacial score (nSPS) is 14.5. The molecule has 0 spiro atoms. The van der Waals surface area contributed by atoms with Crippen LogP contribution in [0.25, 0.3) is 11.1 Å². The van der Waals surface area contributed by atoms with Gasteiger partial charge in [0.05, 0.1) is 41.0 Å². The lowest BCUT2D eigenvalue weighted by Gasteiger charge is -2.25. The van der Waals surface area contributed by atoms with Crippen LogP contribution in [-0.2, 0) is 37.0 Å². The number of rotatable bonds is 12. The average molecular weight is 702 g/mol. The van der Waals surface area contributed by atoms with Gasteiger partial charge in [0.15, 0.2) is 15.7 Å². The molecule has 0 saturated heterocycles. The molecule has 2 aliphatic carbocycles. The Morgan fingerprint density at radius 2 is 1.65 bits per heavy atom. The maximum Gasteiger partial charge on any atom is 0.536 e. The van der Waals surface area contributed by atoms with Gasteiger partial charge in [-0.05, 0) is 58.7 Å². The van der Waals surface area contributed by atoms with Gasteiger partial charge in [-0.15, -0.1) is 0 Å². The Labute approximate surface area is 290 Å². The minimum Gasteiger partial charge on any atom is -0.432 e. The summed E-state index contributed by atoms with van der Waals surface area (Å²) in [6.45, 7) is 0.830. The van der Waals surface area contributed by atoms with Crippen LogP contribution in [0.5, 0.6) is 0 Å². The first-order chi connectivity index (χ1) is 23.7. The monoisotopic (exact) mass is 701 g/mol. The largest absolute Gasteiger partial charge is 0.536 e. The Bertz CT molecular complexity index is 1920. The van der Waals surface area contributed by atoms with Gasteiger partial charge in [-0.25, -0.2) is 18.2 Å². The van der Waals surface area contributed by atoms with E-state index in [1.54, 1.807) is 23.4 Å². The van der Waals surface area contributed by atoms with Crippen molar-refractivity contribution in [2.24, 2.45) is 16.3 Å². The molecule has 6 rings (SSSR count). The number of fused-ring (bicyclic) bond motifs is 3. The summed E-state index contributed by atoms with van der Waals surface area (Å²) in [5.41, 5.74) is 5.69. The van der Waals surface area contributed by atoms with Crippen molar-refractivity contribution in [2.45, 2.75) is 49.3 Å². The van der Waals surface area contributed by atoms with Crippen LogP contribution in [-0.4, -0.2) is 56.4 Å². The van der Waals surface area contributed by atoms with E-state index in [-0.39, 0.29) is 41.3 Å². The van der Waals surface area contributed by atoms with E-state index >= 15 is 0 Å². The first-order valence-corrected chi connectivity index (χ1v) is 18.4. The highest BCUT2D eigenvalue weighted by atomic mass is 35.5. The van der Waals surface area contributed by atoms with Crippen LogP contribution in [0.4, 0.5) is 10.6 Å². The molecule has 1 aromatic heterocycles. The van der Waals surface area contributed by atoms with Gasteiger partial charge in [0.1, 0.15) is 6.61 Å². The molecule has 254 valence electrons. The Hall–Kier alpha value is -4.68. The van der Waals surface area contributed by atoms with E-state index in [1.165, 1.54) is 12.1 Å². The van der Waals surface area contributed by atoms with Crippen LogP contribution < -0.4 is 4.90 Å². The number of benzene rings is 3. The molecule has 0 radical (unpaired) electrons. The molecule has 49 heavy (non-hydrogen) atoms. The molecule has 2 aliphatic rings. The van der Waals surface area contributed by atoms with E-state index in [4.69, 9.17) is 21.2 Å². The average Bonchev–Trinajstić information content (AvgIpc) is 3.72. The summed E-state index contributed by atoms with van der Waals surface area (Å²) in [5.74, 6) is 0.518. The quantitative estimate of drug-likeness (QED) is 0.0860. The second kappa shape index (κ2) is 15.3. The number of hydrogen-bond donors (Lipinski definition) is 0. The van der Waals surface area contributed by atoms with Crippen molar-refractivity contribution in [3.63, 3.8) is 0 Å². The minimum atomic E-state index is -3.48. The zero-order valence-electron chi connectivity index (χ0n) is 27.0. The summed E-state index contributed by atoms with van der Waals surface area (Å²) in [6, 6.07) is 20.7. The fraction of sp³-hybridized carbons (Fsp3) is 0.333. The number of anilines is 1. The zero-order valence-corrected chi connectivity index (χ0v) is 28.6. The molecular formula is C36H36ClN5O6S. The number of carbonyl (C=O) groups is 2. The molecule has 0 aliphatic heterocycles. The van der Waals surface area contributed by atoms with E-state index in [2.05, 4.69) is 32.5 Å². The summed E-state index contributed by atoms with van der Waals surface area (Å²) in [4.78, 5) is 41.3. The number of aromatic nitrogens is 2. The molecule has 1 saturated carbocycles. The van der Waals surface area contributed by atoms with Crippen LogP contribution in [0.2, 0.25) is 5.02 Å². The molecule has 1 amide bonds. The molecule has 0 bridgehead atoms. The molecule has 13 heteroatoms. The molecule has 1 heterocycles. The van der Waals surface area contributed by atoms with Gasteiger partial charge in [-0.2, -0.15) is 5.11 Å². The molecule has 4 aromatic rings. The maximum atomic E-state index is 13.5. The van der Waals surface area contributed by atoms with E-state index in [0.717, 1.165) is 54.2 Å². The second-order valence-corrected chi connectivity index (χ2v) is 14.7. The fourth-order valence-electron chi connectivity index (χ4n) is 6.50. The first-order valence-electron chi connectivity index (χ1n) is 16.2. The SMILES string of the molecule is CS(=O)(=O)c1ccc(CC(=O)N(CC2CCCC2)c2cnc(CCN=NOC(=O)OCC3c4ccccc4-c4ccccc43)cn2)cc1Cl. The van der Waals surface area contributed by atoms with Crippen LogP contribution >= 0.6 is 11.6 Å². The van der Waals surface area contributed by atoms with Gasteiger partial charge < -0.3 is 4.74 Å². The number of halogens is 1. The number of ether oxygens (including phenoxy) is 1.